The van der Waals surface area contributed by atoms with Gasteiger partial charge in [-0.25, -0.2) is 0 Å². The predicted octanol–water partition coefficient (Wildman–Crippen LogP) is 1.69. The number of carbonyl (C=O) groups excluding carboxylic acids is 1. The molecule has 0 saturated carbocycles. The molecule has 0 unspecified atom stereocenters. The number of aliphatic hydroxyl groups excluding tert-OH is 2. The maximum absolute atomic E-state index is 13.1. The molecule has 1 aliphatic heterocycles. The molecule has 3 N–H and O–H groups in total. The van der Waals surface area contributed by atoms with E-state index in [2.05, 4.69) is 10.2 Å². The van der Waals surface area contributed by atoms with Crippen LogP contribution in [0.2, 0.25) is 0 Å². The van der Waals surface area contributed by atoms with E-state index in [1.54, 1.807) is 30.5 Å². The van der Waals surface area contributed by atoms with Crippen LogP contribution in [0.25, 0.3) is 11.1 Å². The molecule has 1 saturated heterocycles. The van der Waals surface area contributed by atoms with Crippen molar-refractivity contribution < 1.29 is 19.7 Å². The van der Waals surface area contributed by atoms with Crippen LogP contribution in [0.4, 0.5) is 0 Å². The maximum Gasteiger partial charge on any atom is 0.253 e. The first-order valence-corrected chi connectivity index (χ1v) is 9.26. The van der Waals surface area contributed by atoms with Gasteiger partial charge in [0.05, 0.1) is 18.9 Å². The number of nitrogens with one attached hydrogen (secondary N) is 1. The Hall–Kier alpha value is -2.22. The number of H-pyrrole nitrogens is 1. The number of rotatable bonds is 7. The molecule has 7 nitrogen and oxygen atoms in total. The van der Waals surface area contributed by atoms with E-state index in [1.165, 1.54) is 0 Å². The fourth-order valence-electron chi connectivity index (χ4n) is 3.79. The number of likely N-dealkylation sites (tertiary alicyclic amines) is 1. The number of aliphatic hydroxyl groups is 2. The molecule has 3 rings (SSSR count). The topological polar surface area (TPSA) is 98.7 Å². The summed E-state index contributed by atoms with van der Waals surface area (Å²) in [6.07, 6.45) is 4.67. The van der Waals surface area contributed by atoms with Gasteiger partial charge in [0.25, 0.3) is 5.91 Å². The molecular formula is C20H27N3O4. The van der Waals surface area contributed by atoms with Gasteiger partial charge in [-0.2, -0.15) is 5.10 Å². The zero-order valence-corrected chi connectivity index (χ0v) is 15.6. The fourth-order valence-corrected chi connectivity index (χ4v) is 3.79. The summed E-state index contributed by atoms with van der Waals surface area (Å²) in [5, 5.41) is 27.2. The summed E-state index contributed by atoms with van der Waals surface area (Å²) in [6.45, 7) is 1.22. The third-order valence-corrected chi connectivity index (χ3v) is 5.45. The number of benzene rings is 1. The van der Waals surface area contributed by atoms with Gasteiger partial charge >= 0.3 is 0 Å². The molecule has 1 aliphatic rings. The molecule has 1 amide bonds. The Morgan fingerprint density at radius 3 is 3.00 bits per heavy atom. The van der Waals surface area contributed by atoms with Crippen molar-refractivity contribution in [2.45, 2.75) is 25.4 Å². The number of aromatic nitrogens is 2. The van der Waals surface area contributed by atoms with Crippen molar-refractivity contribution >= 4 is 5.91 Å². The summed E-state index contributed by atoms with van der Waals surface area (Å²) in [7, 11) is 1.63. The lowest BCUT2D eigenvalue weighted by atomic mass is 9.74. The number of piperidine rings is 1. The minimum atomic E-state index is -0.700. The largest absolute Gasteiger partial charge is 0.396 e. The van der Waals surface area contributed by atoms with Crippen molar-refractivity contribution in [2.75, 3.05) is 33.4 Å². The highest BCUT2D eigenvalue weighted by Crippen LogP contribution is 2.35. The van der Waals surface area contributed by atoms with Crippen LogP contribution in [-0.4, -0.2) is 70.7 Å². The highest BCUT2D eigenvalue weighted by Gasteiger charge is 2.43. The molecule has 2 aromatic rings. The van der Waals surface area contributed by atoms with Gasteiger partial charge in [0, 0.05) is 49.5 Å². The average molecular weight is 373 g/mol. The van der Waals surface area contributed by atoms with Gasteiger partial charge in [0.2, 0.25) is 0 Å². The number of nitrogens with zero attached hydrogens (tertiary/aromatic N) is 2. The predicted molar refractivity (Wildman–Crippen MR) is 101 cm³/mol. The molecule has 2 atom stereocenters. The summed E-state index contributed by atoms with van der Waals surface area (Å²) in [4.78, 5) is 14.8. The summed E-state index contributed by atoms with van der Waals surface area (Å²) in [5.74, 6) is -0.0863. The van der Waals surface area contributed by atoms with Gasteiger partial charge < -0.3 is 19.8 Å². The SMILES string of the molecule is COCCC[C@@]1(CO)CN(C(=O)c2cccc(-c3cn[nH]c3)c2)CC[C@H]1O. The van der Waals surface area contributed by atoms with Gasteiger partial charge in [-0.15, -0.1) is 0 Å². The maximum atomic E-state index is 13.1. The van der Waals surface area contributed by atoms with E-state index in [0.29, 0.717) is 38.1 Å². The lowest BCUT2D eigenvalue weighted by Crippen LogP contribution is -2.55. The van der Waals surface area contributed by atoms with E-state index in [0.717, 1.165) is 17.5 Å². The fraction of sp³-hybridized carbons (Fsp3) is 0.500. The summed E-state index contributed by atoms with van der Waals surface area (Å²) in [6, 6.07) is 7.43. The monoisotopic (exact) mass is 373 g/mol. The lowest BCUT2D eigenvalue weighted by molar-refractivity contribution is -0.0745. The van der Waals surface area contributed by atoms with Gasteiger partial charge in [-0.1, -0.05) is 12.1 Å². The van der Waals surface area contributed by atoms with Crippen LogP contribution < -0.4 is 0 Å². The second-order valence-electron chi connectivity index (χ2n) is 7.22. The molecule has 0 aliphatic carbocycles. The van der Waals surface area contributed by atoms with Crippen LogP contribution in [0.5, 0.6) is 0 Å². The summed E-state index contributed by atoms with van der Waals surface area (Å²) < 4.78 is 5.10. The summed E-state index contributed by atoms with van der Waals surface area (Å²) in [5.41, 5.74) is 1.73. The zero-order valence-electron chi connectivity index (χ0n) is 15.6. The van der Waals surface area contributed by atoms with Crippen molar-refractivity contribution in [1.82, 2.24) is 15.1 Å². The molecule has 27 heavy (non-hydrogen) atoms. The molecule has 7 heteroatoms. The van der Waals surface area contributed by atoms with Gasteiger partial charge in [0.1, 0.15) is 0 Å². The van der Waals surface area contributed by atoms with Crippen molar-refractivity contribution in [3.63, 3.8) is 0 Å². The van der Waals surface area contributed by atoms with E-state index < -0.39 is 11.5 Å². The van der Waals surface area contributed by atoms with Crippen molar-refractivity contribution in [2.24, 2.45) is 5.41 Å². The molecular weight excluding hydrogens is 346 g/mol. The first kappa shape index (κ1) is 19.5. The first-order chi connectivity index (χ1) is 13.1. The summed E-state index contributed by atoms with van der Waals surface area (Å²) >= 11 is 0. The number of hydrogen-bond donors (Lipinski definition) is 3. The number of methoxy groups -OCH3 is 1. The van der Waals surface area contributed by atoms with Gasteiger partial charge in [-0.3, -0.25) is 9.89 Å². The molecule has 2 heterocycles. The lowest BCUT2D eigenvalue weighted by Gasteiger charge is -2.45. The Kier molecular flexibility index (Phi) is 6.26. The zero-order chi connectivity index (χ0) is 19.3. The highest BCUT2D eigenvalue weighted by molar-refractivity contribution is 5.95. The Morgan fingerprint density at radius 1 is 1.44 bits per heavy atom. The standard InChI is InChI=1S/C20H27N3O4/c1-27-9-3-7-20(14-24)13-23(8-6-18(20)25)19(26)16-5-2-4-15(10-16)17-11-21-22-12-17/h2,4-5,10-12,18,24-25H,3,6-9,13-14H2,1H3,(H,21,22)/t18-,20+/m1/s1. The van der Waals surface area contributed by atoms with Crippen LogP contribution in [0.1, 0.15) is 29.6 Å². The Labute approximate surface area is 159 Å². The quantitative estimate of drug-likeness (QED) is 0.642. The van der Waals surface area contributed by atoms with Crippen molar-refractivity contribution in [1.29, 1.82) is 0 Å². The molecule has 1 aromatic heterocycles. The molecule has 146 valence electrons. The molecule has 0 spiro atoms. The van der Waals surface area contributed by atoms with Crippen LogP contribution in [0, 0.1) is 5.41 Å². The van der Waals surface area contributed by atoms with Gasteiger partial charge in [0.15, 0.2) is 0 Å². The number of ether oxygens (including phenoxy) is 1. The second-order valence-corrected chi connectivity index (χ2v) is 7.22. The smallest absolute Gasteiger partial charge is 0.253 e. The molecule has 0 bridgehead atoms. The van der Waals surface area contributed by atoms with Crippen LogP contribution in [0.15, 0.2) is 36.7 Å². The first-order valence-electron chi connectivity index (χ1n) is 9.26. The number of aromatic amines is 1. The number of amides is 1. The van der Waals surface area contributed by atoms with Crippen LogP contribution in [-0.2, 0) is 4.74 Å². The van der Waals surface area contributed by atoms with E-state index in [-0.39, 0.29) is 12.5 Å². The normalized spacial score (nSPS) is 22.8. The van der Waals surface area contributed by atoms with Crippen LogP contribution >= 0.6 is 0 Å². The van der Waals surface area contributed by atoms with E-state index in [1.807, 2.05) is 18.2 Å². The van der Waals surface area contributed by atoms with E-state index in [9.17, 15) is 15.0 Å². The third-order valence-electron chi connectivity index (χ3n) is 5.45. The molecule has 1 aromatic carbocycles. The Bertz CT molecular complexity index is 749. The Morgan fingerprint density at radius 2 is 2.30 bits per heavy atom. The molecule has 0 radical (unpaired) electrons. The van der Waals surface area contributed by atoms with E-state index >= 15 is 0 Å². The average Bonchev–Trinajstić information content (AvgIpc) is 3.24. The molecule has 1 fully saturated rings. The second kappa shape index (κ2) is 8.65. The minimum absolute atomic E-state index is 0.0863. The van der Waals surface area contributed by atoms with E-state index in [4.69, 9.17) is 4.74 Å². The van der Waals surface area contributed by atoms with Crippen LogP contribution in [0.3, 0.4) is 0 Å². The van der Waals surface area contributed by atoms with Crippen molar-refractivity contribution in [3.8, 4) is 11.1 Å². The highest BCUT2D eigenvalue weighted by atomic mass is 16.5. The third kappa shape index (κ3) is 4.21. The van der Waals surface area contributed by atoms with Gasteiger partial charge in [-0.05, 0) is 37.0 Å². The Balaban J connectivity index is 1.77. The minimum Gasteiger partial charge on any atom is -0.396 e. The number of hydrogen-bond acceptors (Lipinski definition) is 5. The number of carbonyl (C=O) groups is 1. The van der Waals surface area contributed by atoms with Crippen molar-refractivity contribution in [3.05, 3.63) is 42.2 Å².